The van der Waals surface area contributed by atoms with Crippen molar-refractivity contribution in [3.63, 3.8) is 0 Å². The average Bonchev–Trinajstić information content (AvgIpc) is 3.87. The van der Waals surface area contributed by atoms with Crippen molar-refractivity contribution in [1.82, 2.24) is 24.0 Å². The standard InChI is InChI=1S/C37H55N5O7SSi/c1-9-41-17-14-27-23-29(32(45-5)24-28(27)35(41)43)31-25-38-34(42(31)26-46-21-22-51(6,7)8)30(40-50(44)36(2,3)4)13-11-10-12-16-37(47-19-20-48-37)33-15-18-49-39-33/h14-15,17-18,23-25,30,40H,9-13,16,19-22,26H2,1-8H3/t30-,50+/m0/s1. The molecule has 1 aliphatic rings. The highest BCUT2D eigenvalue weighted by molar-refractivity contribution is 7.90. The molecule has 0 bridgehead atoms. The zero-order valence-corrected chi connectivity index (χ0v) is 33.3. The Morgan fingerprint density at radius 3 is 2.55 bits per heavy atom. The number of fused-ring (bicyclic) bond motifs is 1. The SMILES string of the molecule is CCn1ccc2cc(-c3cnc([C@H](CCCCCC4(c5ccon5)OCCO4)N[S@+]([O-])C(C)(C)C)n3COCC[Si](C)(C)C)c(OC)cc2c1=O. The molecule has 0 aliphatic carbocycles. The van der Waals surface area contributed by atoms with Crippen LogP contribution in [0.2, 0.25) is 25.7 Å². The van der Waals surface area contributed by atoms with Crippen LogP contribution in [0.4, 0.5) is 0 Å². The smallest absolute Gasteiger partial charge is 0.258 e. The lowest BCUT2D eigenvalue weighted by molar-refractivity contribution is -0.175. The second-order valence-corrected chi connectivity index (χ2v) is 22.9. The summed E-state index contributed by atoms with van der Waals surface area (Å²) in [6.45, 7) is 17.3. The number of unbranched alkanes of at least 4 members (excludes halogenated alkanes) is 2. The minimum absolute atomic E-state index is 0.0596. The van der Waals surface area contributed by atoms with Crippen LogP contribution >= 0.6 is 0 Å². The predicted molar refractivity (Wildman–Crippen MR) is 203 cm³/mol. The Morgan fingerprint density at radius 1 is 1.14 bits per heavy atom. The fraction of sp³-hybridized carbons (Fsp3) is 0.595. The molecule has 0 spiro atoms. The number of pyridine rings is 1. The topological polar surface area (TPSA) is 138 Å². The summed E-state index contributed by atoms with van der Waals surface area (Å²) in [6.07, 6.45) is 9.11. The highest BCUT2D eigenvalue weighted by atomic mass is 32.2. The number of aryl methyl sites for hydroxylation is 1. The van der Waals surface area contributed by atoms with Crippen molar-refractivity contribution in [2.24, 2.45) is 0 Å². The number of imidazole rings is 1. The first-order valence-electron chi connectivity index (χ1n) is 18.0. The van der Waals surface area contributed by atoms with Gasteiger partial charge in [-0.2, -0.15) is 0 Å². The number of benzene rings is 1. The maximum Gasteiger partial charge on any atom is 0.258 e. The summed E-state index contributed by atoms with van der Waals surface area (Å²) in [7, 11) is 0.281. The first-order valence-corrected chi connectivity index (χ1v) is 22.8. The number of hydrogen-bond acceptors (Lipinski definition) is 10. The van der Waals surface area contributed by atoms with Gasteiger partial charge in [-0.15, -0.1) is 4.72 Å². The number of methoxy groups -OCH3 is 1. The van der Waals surface area contributed by atoms with Gasteiger partial charge in [0, 0.05) is 56.8 Å². The zero-order chi connectivity index (χ0) is 36.8. The predicted octanol–water partition coefficient (Wildman–Crippen LogP) is 7.14. The summed E-state index contributed by atoms with van der Waals surface area (Å²) in [4.78, 5) is 18.2. The number of ether oxygens (including phenoxy) is 4. The van der Waals surface area contributed by atoms with Crippen molar-refractivity contribution in [2.45, 2.75) is 115 Å². The molecule has 1 saturated heterocycles. The van der Waals surface area contributed by atoms with Gasteiger partial charge in [0.2, 0.25) is 5.79 Å². The third-order valence-corrected chi connectivity index (χ3v) is 12.5. The molecule has 5 rings (SSSR count). The van der Waals surface area contributed by atoms with E-state index in [0.29, 0.717) is 56.0 Å². The van der Waals surface area contributed by atoms with Gasteiger partial charge in [-0.1, -0.05) is 37.6 Å². The molecular formula is C37H55N5O7SSi. The number of hydrogen-bond donors (Lipinski definition) is 1. The van der Waals surface area contributed by atoms with E-state index in [1.807, 2.05) is 58.3 Å². The largest absolute Gasteiger partial charge is 0.598 e. The van der Waals surface area contributed by atoms with Gasteiger partial charge in [-0.05, 0) is 70.2 Å². The van der Waals surface area contributed by atoms with Gasteiger partial charge in [-0.3, -0.25) is 4.79 Å². The van der Waals surface area contributed by atoms with Crippen molar-refractivity contribution in [3.8, 4) is 17.0 Å². The van der Waals surface area contributed by atoms with E-state index in [1.165, 1.54) is 6.26 Å². The summed E-state index contributed by atoms with van der Waals surface area (Å²) in [6, 6.07) is 8.25. The maximum absolute atomic E-state index is 13.6. The average molecular weight is 742 g/mol. The minimum Gasteiger partial charge on any atom is -0.598 e. The van der Waals surface area contributed by atoms with Gasteiger partial charge in [0.05, 0.1) is 37.6 Å². The van der Waals surface area contributed by atoms with Crippen molar-refractivity contribution in [3.05, 3.63) is 64.8 Å². The van der Waals surface area contributed by atoms with Gasteiger partial charge < -0.3 is 37.2 Å². The third-order valence-electron chi connectivity index (χ3n) is 9.21. The summed E-state index contributed by atoms with van der Waals surface area (Å²) in [5, 5.41) is 5.51. The quantitative estimate of drug-likeness (QED) is 0.0637. The van der Waals surface area contributed by atoms with Crippen LogP contribution in [0.3, 0.4) is 0 Å². The summed E-state index contributed by atoms with van der Waals surface area (Å²) in [5.74, 6) is 0.434. The Kier molecular flexibility index (Phi) is 12.9. The molecule has 0 radical (unpaired) electrons. The molecule has 1 aliphatic heterocycles. The zero-order valence-electron chi connectivity index (χ0n) is 31.5. The Morgan fingerprint density at radius 2 is 1.90 bits per heavy atom. The summed E-state index contributed by atoms with van der Waals surface area (Å²) >= 11 is -1.36. The first kappa shape index (κ1) is 39.2. The lowest BCUT2D eigenvalue weighted by atomic mass is 10.0. The van der Waals surface area contributed by atoms with Crippen LogP contribution in [-0.2, 0) is 44.6 Å². The normalized spacial score (nSPS) is 16.2. The van der Waals surface area contributed by atoms with E-state index in [-0.39, 0.29) is 18.3 Å². The van der Waals surface area contributed by atoms with Crippen LogP contribution in [0.5, 0.6) is 5.75 Å². The lowest BCUT2D eigenvalue weighted by Gasteiger charge is -2.28. The van der Waals surface area contributed by atoms with Gasteiger partial charge in [-0.25, -0.2) is 4.98 Å². The fourth-order valence-corrected chi connectivity index (χ4v) is 7.79. The highest BCUT2D eigenvalue weighted by Crippen LogP contribution is 2.38. The molecule has 1 fully saturated rings. The molecule has 4 heterocycles. The van der Waals surface area contributed by atoms with E-state index in [0.717, 1.165) is 47.8 Å². The molecule has 0 saturated carbocycles. The van der Waals surface area contributed by atoms with Gasteiger partial charge in [0.1, 0.15) is 41.1 Å². The molecular weight excluding hydrogens is 687 g/mol. The monoisotopic (exact) mass is 741 g/mol. The third kappa shape index (κ3) is 9.52. The van der Waals surface area contributed by atoms with Crippen LogP contribution in [0.25, 0.3) is 22.0 Å². The van der Waals surface area contributed by atoms with Gasteiger partial charge >= 0.3 is 0 Å². The van der Waals surface area contributed by atoms with Gasteiger partial charge in [0.25, 0.3) is 5.56 Å². The van der Waals surface area contributed by atoms with E-state index in [9.17, 15) is 9.35 Å². The Labute approximate surface area is 305 Å². The second-order valence-electron chi connectivity index (χ2n) is 15.3. The van der Waals surface area contributed by atoms with Gasteiger partial charge in [0.15, 0.2) is 0 Å². The summed E-state index contributed by atoms with van der Waals surface area (Å²) < 4.78 is 49.7. The van der Waals surface area contributed by atoms with Crippen molar-refractivity contribution in [2.75, 3.05) is 26.9 Å². The summed E-state index contributed by atoms with van der Waals surface area (Å²) in [5.41, 5.74) is 2.20. The molecule has 4 aromatic rings. The number of nitrogens with one attached hydrogen (secondary N) is 1. The van der Waals surface area contributed by atoms with Crippen LogP contribution in [0.15, 0.2) is 52.2 Å². The second kappa shape index (κ2) is 16.8. The Hall–Kier alpha value is -2.98. The van der Waals surface area contributed by atoms with E-state index >= 15 is 0 Å². The van der Waals surface area contributed by atoms with Crippen LogP contribution in [0, 0.1) is 0 Å². The van der Waals surface area contributed by atoms with Crippen LogP contribution in [-0.4, -0.2) is 63.6 Å². The Bertz CT molecular complexity index is 1770. The Balaban J connectivity index is 1.45. The van der Waals surface area contributed by atoms with E-state index < -0.39 is 30.0 Å². The van der Waals surface area contributed by atoms with Crippen LogP contribution < -0.4 is 15.0 Å². The molecule has 1 aromatic carbocycles. The molecule has 3 aromatic heterocycles. The molecule has 14 heteroatoms. The van der Waals surface area contributed by atoms with Crippen molar-refractivity contribution < 1.29 is 28.0 Å². The molecule has 0 unspecified atom stereocenters. The van der Waals surface area contributed by atoms with Crippen molar-refractivity contribution >= 4 is 30.2 Å². The molecule has 1 N–H and O–H groups in total. The molecule has 280 valence electrons. The maximum atomic E-state index is 13.6. The number of rotatable bonds is 18. The molecule has 2 atom stereocenters. The highest BCUT2D eigenvalue weighted by Gasteiger charge is 2.40. The molecule has 0 amide bonds. The van der Waals surface area contributed by atoms with Crippen LogP contribution in [0.1, 0.15) is 77.4 Å². The minimum atomic E-state index is -1.36. The van der Waals surface area contributed by atoms with E-state index in [2.05, 4.69) is 34.1 Å². The lowest BCUT2D eigenvalue weighted by Crippen LogP contribution is -2.42. The van der Waals surface area contributed by atoms with E-state index in [4.69, 9.17) is 28.5 Å². The molecule has 12 nitrogen and oxygen atoms in total. The number of nitrogens with zero attached hydrogens (tertiary/aromatic N) is 4. The molecule has 51 heavy (non-hydrogen) atoms. The van der Waals surface area contributed by atoms with E-state index in [1.54, 1.807) is 17.7 Å². The van der Waals surface area contributed by atoms with Crippen molar-refractivity contribution in [1.29, 1.82) is 0 Å². The fourth-order valence-electron chi connectivity index (χ4n) is 6.20. The first-order chi connectivity index (χ1) is 24.3. The number of aromatic nitrogens is 4.